The van der Waals surface area contributed by atoms with Gasteiger partial charge in [0.05, 0.1) is 0 Å². The van der Waals surface area contributed by atoms with E-state index in [1.54, 1.807) is 0 Å². The highest BCUT2D eigenvalue weighted by Gasteiger charge is 2.34. The van der Waals surface area contributed by atoms with Gasteiger partial charge in [0.1, 0.15) is 6.29 Å². The Kier molecular flexibility index (Phi) is 2.69. The lowest BCUT2D eigenvalue weighted by Crippen LogP contribution is -2.18. The Morgan fingerprint density at radius 3 is 2.36 bits per heavy atom. The van der Waals surface area contributed by atoms with E-state index < -0.39 is 0 Å². The van der Waals surface area contributed by atoms with E-state index in [-0.39, 0.29) is 0 Å². The first-order chi connectivity index (χ1) is 5.16. The molecule has 0 aromatic heterocycles. The summed E-state index contributed by atoms with van der Waals surface area (Å²) in [7, 11) is 0. The van der Waals surface area contributed by atoms with Crippen LogP contribution in [0.1, 0.15) is 33.6 Å². The first kappa shape index (κ1) is 8.76. The lowest BCUT2D eigenvalue weighted by atomic mass is 9.84. The summed E-state index contributed by atoms with van der Waals surface area (Å²) in [5.74, 6) is 2.30. The van der Waals surface area contributed by atoms with Gasteiger partial charge in [0.2, 0.25) is 0 Å². The zero-order valence-corrected chi connectivity index (χ0v) is 7.71. The number of rotatable bonds is 2. The molecular formula is C10H18O. The number of aldehydes is 1. The Morgan fingerprint density at radius 1 is 1.36 bits per heavy atom. The zero-order valence-electron chi connectivity index (χ0n) is 7.71. The molecule has 1 rings (SSSR count). The fourth-order valence-corrected chi connectivity index (χ4v) is 2.28. The van der Waals surface area contributed by atoms with Crippen LogP contribution in [-0.2, 0) is 4.79 Å². The Bertz CT molecular complexity index is 140. The maximum Gasteiger partial charge on any atom is 0.123 e. The van der Waals surface area contributed by atoms with Crippen LogP contribution < -0.4 is 0 Å². The van der Waals surface area contributed by atoms with E-state index in [9.17, 15) is 4.79 Å². The molecule has 0 aromatic carbocycles. The van der Waals surface area contributed by atoms with Crippen LogP contribution in [-0.4, -0.2) is 6.29 Å². The molecular weight excluding hydrogens is 136 g/mol. The first-order valence-corrected chi connectivity index (χ1v) is 4.62. The van der Waals surface area contributed by atoms with Crippen molar-refractivity contribution in [1.29, 1.82) is 0 Å². The number of carbonyl (C=O) groups is 1. The Labute approximate surface area is 69.2 Å². The van der Waals surface area contributed by atoms with Crippen molar-refractivity contribution < 1.29 is 4.79 Å². The molecule has 1 heteroatoms. The average Bonchev–Trinajstić information content (AvgIpc) is 2.30. The molecule has 0 heterocycles. The average molecular weight is 154 g/mol. The van der Waals surface area contributed by atoms with E-state index >= 15 is 0 Å². The van der Waals surface area contributed by atoms with Crippen molar-refractivity contribution in [2.75, 3.05) is 0 Å². The molecule has 0 bridgehead atoms. The van der Waals surface area contributed by atoms with Crippen molar-refractivity contribution in [2.24, 2.45) is 23.7 Å². The van der Waals surface area contributed by atoms with Crippen LogP contribution in [0.5, 0.6) is 0 Å². The zero-order chi connectivity index (χ0) is 8.43. The van der Waals surface area contributed by atoms with E-state index in [2.05, 4.69) is 20.8 Å². The van der Waals surface area contributed by atoms with Gasteiger partial charge in [-0.25, -0.2) is 0 Å². The standard InChI is InChI=1S/C10H18O/c1-7(2)9-5-4-8(3)10(9)6-11/h6-10H,4-5H2,1-3H3/t8-,9-,10?/m0/s1. The lowest BCUT2D eigenvalue weighted by molar-refractivity contribution is -0.113. The van der Waals surface area contributed by atoms with Gasteiger partial charge < -0.3 is 4.79 Å². The van der Waals surface area contributed by atoms with Crippen LogP contribution in [0.3, 0.4) is 0 Å². The molecule has 0 radical (unpaired) electrons. The van der Waals surface area contributed by atoms with Crippen molar-refractivity contribution in [2.45, 2.75) is 33.6 Å². The minimum atomic E-state index is 0.343. The lowest BCUT2D eigenvalue weighted by Gasteiger charge is -2.20. The molecule has 3 atom stereocenters. The molecule has 0 aliphatic heterocycles. The predicted molar refractivity (Wildman–Crippen MR) is 46.3 cm³/mol. The second kappa shape index (κ2) is 3.38. The summed E-state index contributed by atoms with van der Waals surface area (Å²) in [4.78, 5) is 10.7. The molecule has 0 aromatic rings. The quantitative estimate of drug-likeness (QED) is 0.558. The fourth-order valence-electron chi connectivity index (χ4n) is 2.28. The molecule has 11 heavy (non-hydrogen) atoms. The summed E-state index contributed by atoms with van der Waals surface area (Å²) in [6.45, 7) is 6.64. The summed E-state index contributed by atoms with van der Waals surface area (Å²) in [5.41, 5.74) is 0. The van der Waals surface area contributed by atoms with Crippen molar-refractivity contribution in [3.8, 4) is 0 Å². The van der Waals surface area contributed by atoms with Crippen molar-refractivity contribution in [1.82, 2.24) is 0 Å². The van der Waals surface area contributed by atoms with Crippen LogP contribution in [0.4, 0.5) is 0 Å². The Balaban J connectivity index is 2.61. The minimum absolute atomic E-state index is 0.343. The van der Waals surface area contributed by atoms with E-state index in [1.165, 1.54) is 19.1 Å². The van der Waals surface area contributed by atoms with Crippen LogP contribution >= 0.6 is 0 Å². The van der Waals surface area contributed by atoms with Crippen LogP contribution in [0.15, 0.2) is 0 Å². The molecule has 0 saturated heterocycles. The van der Waals surface area contributed by atoms with Gasteiger partial charge in [-0.3, -0.25) is 0 Å². The number of hydrogen-bond donors (Lipinski definition) is 0. The van der Waals surface area contributed by atoms with E-state index in [0.717, 1.165) is 0 Å². The van der Waals surface area contributed by atoms with Gasteiger partial charge in [0.25, 0.3) is 0 Å². The monoisotopic (exact) mass is 154 g/mol. The topological polar surface area (TPSA) is 17.1 Å². The molecule has 1 unspecified atom stereocenters. The summed E-state index contributed by atoms with van der Waals surface area (Å²) in [6, 6.07) is 0. The van der Waals surface area contributed by atoms with Crippen LogP contribution in [0.25, 0.3) is 0 Å². The summed E-state index contributed by atoms with van der Waals surface area (Å²) >= 11 is 0. The molecule has 1 fully saturated rings. The van der Waals surface area contributed by atoms with E-state index in [0.29, 0.717) is 23.7 Å². The maximum atomic E-state index is 10.7. The van der Waals surface area contributed by atoms with Crippen molar-refractivity contribution in [3.63, 3.8) is 0 Å². The highest BCUT2D eigenvalue weighted by Crippen LogP contribution is 2.39. The molecule has 0 spiro atoms. The third-order valence-electron chi connectivity index (χ3n) is 3.12. The number of carbonyl (C=O) groups excluding carboxylic acids is 1. The van der Waals surface area contributed by atoms with Gasteiger partial charge in [0.15, 0.2) is 0 Å². The molecule has 1 saturated carbocycles. The predicted octanol–water partition coefficient (Wildman–Crippen LogP) is 2.50. The second-order valence-electron chi connectivity index (χ2n) is 4.18. The van der Waals surface area contributed by atoms with Crippen LogP contribution in [0, 0.1) is 23.7 Å². The number of hydrogen-bond acceptors (Lipinski definition) is 1. The smallest absolute Gasteiger partial charge is 0.123 e. The molecule has 1 nitrogen and oxygen atoms in total. The Hall–Kier alpha value is -0.330. The maximum absolute atomic E-state index is 10.7. The van der Waals surface area contributed by atoms with Gasteiger partial charge in [-0.1, -0.05) is 20.8 Å². The third kappa shape index (κ3) is 1.63. The summed E-state index contributed by atoms with van der Waals surface area (Å²) < 4.78 is 0. The van der Waals surface area contributed by atoms with Gasteiger partial charge >= 0.3 is 0 Å². The Morgan fingerprint density at radius 2 is 2.00 bits per heavy atom. The molecule has 64 valence electrons. The molecule has 1 aliphatic carbocycles. The molecule has 0 N–H and O–H groups in total. The van der Waals surface area contributed by atoms with Crippen molar-refractivity contribution >= 4 is 6.29 Å². The minimum Gasteiger partial charge on any atom is -0.303 e. The highest BCUT2D eigenvalue weighted by atomic mass is 16.1. The normalized spacial score (nSPS) is 38.0. The highest BCUT2D eigenvalue weighted by molar-refractivity contribution is 5.55. The van der Waals surface area contributed by atoms with Gasteiger partial charge in [-0.15, -0.1) is 0 Å². The van der Waals surface area contributed by atoms with Crippen molar-refractivity contribution in [3.05, 3.63) is 0 Å². The summed E-state index contributed by atoms with van der Waals surface area (Å²) in [5, 5.41) is 0. The second-order valence-corrected chi connectivity index (χ2v) is 4.18. The first-order valence-electron chi connectivity index (χ1n) is 4.62. The largest absolute Gasteiger partial charge is 0.303 e. The molecule has 1 aliphatic rings. The van der Waals surface area contributed by atoms with E-state index in [4.69, 9.17) is 0 Å². The fraction of sp³-hybridized carbons (Fsp3) is 0.900. The van der Waals surface area contributed by atoms with Crippen LogP contribution in [0.2, 0.25) is 0 Å². The SMILES string of the molecule is CC(C)[C@@H]1CC[C@H](C)C1C=O. The third-order valence-corrected chi connectivity index (χ3v) is 3.12. The summed E-state index contributed by atoms with van der Waals surface area (Å²) in [6.07, 6.45) is 3.66. The van der Waals surface area contributed by atoms with Gasteiger partial charge in [0, 0.05) is 5.92 Å². The van der Waals surface area contributed by atoms with Gasteiger partial charge in [-0.2, -0.15) is 0 Å². The van der Waals surface area contributed by atoms with Gasteiger partial charge in [-0.05, 0) is 30.6 Å². The molecule has 0 amide bonds. The van der Waals surface area contributed by atoms with E-state index in [1.807, 2.05) is 0 Å².